The van der Waals surface area contributed by atoms with Crippen LogP contribution in [0.15, 0.2) is 60.7 Å². The zero-order valence-electron chi connectivity index (χ0n) is 10.1. The van der Waals surface area contributed by atoms with Crippen molar-refractivity contribution in [2.24, 2.45) is 0 Å². The summed E-state index contributed by atoms with van der Waals surface area (Å²) in [5, 5.41) is 0. The van der Waals surface area contributed by atoms with Gasteiger partial charge in [-0.2, -0.15) is 0 Å². The van der Waals surface area contributed by atoms with Crippen molar-refractivity contribution in [1.82, 2.24) is 0 Å². The third-order valence-electron chi connectivity index (χ3n) is 4.01. The van der Waals surface area contributed by atoms with E-state index in [4.69, 9.17) is 0 Å². The highest BCUT2D eigenvalue weighted by Gasteiger charge is 2.29. The van der Waals surface area contributed by atoms with Crippen LogP contribution >= 0.6 is 0 Å². The van der Waals surface area contributed by atoms with E-state index in [2.05, 4.69) is 66.8 Å². The van der Waals surface area contributed by atoms with Gasteiger partial charge in [0.2, 0.25) is 0 Å². The Morgan fingerprint density at radius 1 is 0.833 bits per heavy atom. The van der Waals surface area contributed by atoms with Gasteiger partial charge in [0.05, 0.1) is 0 Å². The molecule has 0 heterocycles. The van der Waals surface area contributed by atoms with Crippen LogP contribution in [-0.4, -0.2) is 0 Å². The van der Waals surface area contributed by atoms with Crippen molar-refractivity contribution in [3.8, 4) is 11.1 Å². The molecule has 0 radical (unpaired) electrons. The van der Waals surface area contributed by atoms with Gasteiger partial charge in [-0.3, -0.25) is 0 Å². The SMILES string of the molecule is C1=C\CC2c3ccccc3-c3cccc(c32)\C=C/1. The molecule has 0 aromatic heterocycles. The van der Waals surface area contributed by atoms with Crippen LogP contribution in [0.25, 0.3) is 17.2 Å². The highest BCUT2D eigenvalue weighted by atomic mass is 14.3. The molecule has 4 rings (SSSR count). The van der Waals surface area contributed by atoms with Crippen molar-refractivity contribution < 1.29 is 0 Å². The fourth-order valence-electron chi connectivity index (χ4n) is 3.25. The summed E-state index contributed by atoms with van der Waals surface area (Å²) in [7, 11) is 0. The molecule has 0 fully saturated rings. The molecule has 1 atom stereocenters. The first-order valence-corrected chi connectivity index (χ1v) is 6.50. The predicted molar refractivity (Wildman–Crippen MR) is 76.5 cm³/mol. The molecule has 0 heteroatoms. The second kappa shape index (κ2) is 3.71. The molecule has 2 aliphatic carbocycles. The molecule has 0 nitrogen and oxygen atoms in total. The minimum Gasteiger partial charge on any atom is -0.0836 e. The maximum atomic E-state index is 2.28. The van der Waals surface area contributed by atoms with E-state index in [1.54, 1.807) is 0 Å². The smallest absolute Gasteiger partial charge is 0.0142 e. The topological polar surface area (TPSA) is 0 Å². The summed E-state index contributed by atoms with van der Waals surface area (Å²) in [4.78, 5) is 0. The molecule has 0 amide bonds. The summed E-state index contributed by atoms with van der Waals surface area (Å²) in [5.41, 5.74) is 7.22. The van der Waals surface area contributed by atoms with Gasteiger partial charge in [-0.25, -0.2) is 0 Å². The second-order valence-corrected chi connectivity index (χ2v) is 4.97. The second-order valence-electron chi connectivity index (χ2n) is 4.97. The average Bonchev–Trinajstić information content (AvgIpc) is 2.70. The van der Waals surface area contributed by atoms with E-state index >= 15 is 0 Å². The summed E-state index contributed by atoms with van der Waals surface area (Å²) < 4.78 is 0. The maximum absolute atomic E-state index is 2.28. The van der Waals surface area contributed by atoms with Gasteiger partial charge in [0.15, 0.2) is 0 Å². The van der Waals surface area contributed by atoms with Gasteiger partial charge >= 0.3 is 0 Å². The summed E-state index contributed by atoms with van der Waals surface area (Å²) in [6, 6.07) is 15.5. The summed E-state index contributed by atoms with van der Waals surface area (Å²) in [6.45, 7) is 0. The van der Waals surface area contributed by atoms with Crippen molar-refractivity contribution >= 4 is 6.08 Å². The minimum atomic E-state index is 0.536. The van der Waals surface area contributed by atoms with Crippen LogP contribution in [0.1, 0.15) is 29.0 Å². The zero-order chi connectivity index (χ0) is 11.9. The lowest BCUT2D eigenvalue weighted by atomic mass is 9.89. The summed E-state index contributed by atoms with van der Waals surface area (Å²) in [6.07, 6.45) is 9.92. The molecule has 2 aliphatic rings. The van der Waals surface area contributed by atoms with Crippen LogP contribution in [0.2, 0.25) is 0 Å². The Balaban J connectivity index is 2.08. The van der Waals surface area contributed by atoms with Crippen molar-refractivity contribution in [2.45, 2.75) is 12.3 Å². The van der Waals surface area contributed by atoms with Gasteiger partial charge in [-0.15, -0.1) is 0 Å². The molecule has 0 bridgehead atoms. The molecule has 1 unspecified atom stereocenters. The fraction of sp³-hybridized carbons (Fsp3) is 0.111. The van der Waals surface area contributed by atoms with Gasteiger partial charge in [0.1, 0.15) is 0 Å². The molecule has 2 aromatic rings. The van der Waals surface area contributed by atoms with E-state index in [1.165, 1.54) is 27.8 Å². The predicted octanol–water partition coefficient (Wildman–Crippen LogP) is 4.77. The van der Waals surface area contributed by atoms with Crippen molar-refractivity contribution in [1.29, 1.82) is 0 Å². The Morgan fingerprint density at radius 3 is 2.72 bits per heavy atom. The van der Waals surface area contributed by atoms with E-state index in [9.17, 15) is 0 Å². The molecule has 2 aromatic carbocycles. The Hall–Kier alpha value is -2.08. The first-order valence-electron chi connectivity index (χ1n) is 6.50. The third-order valence-corrected chi connectivity index (χ3v) is 4.01. The van der Waals surface area contributed by atoms with E-state index < -0.39 is 0 Å². The number of benzene rings is 2. The first kappa shape index (κ1) is 9.90. The lowest BCUT2D eigenvalue weighted by Crippen LogP contribution is -1.98. The van der Waals surface area contributed by atoms with Crippen LogP contribution in [0.3, 0.4) is 0 Å². The van der Waals surface area contributed by atoms with Crippen molar-refractivity contribution in [2.75, 3.05) is 0 Å². The van der Waals surface area contributed by atoms with Crippen LogP contribution in [0.5, 0.6) is 0 Å². The molecule has 18 heavy (non-hydrogen) atoms. The van der Waals surface area contributed by atoms with E-state index in [1.807, 2.05) is 0 Å². The molecular weight excluding hydrogens is 216 g/mol. The van der Waals surface area contributed by atoms with E-state index in [-0.39, 0.29) is 0 Å². The van der Waals surface area contributed by atoms with E-state index in [0.29, 0.717) is 5.92 Å². The van der Waals surface area contributed by atoms with Gasteiger partial charge in [0.25, 0.3) is 0 Å². The van der Waals surface area contributed by atoms with Crippen molar-refractivity contribution in [3.63, 3.8) is 0 Å². The Bertz CT molecular complexity index is 674. The van der Waals surface area contributed by atoms with Crippen LogP contribution in [-0.2, 0) is 0 Å². The zero-order valence-corrected chi connectivity index (χ0v) is 10.1. The van der Waals surface area contributed by atoms with Crippen LogP contribution < -0.4 is 0 Å². The Kier molecular flexibility index (Phi) is 2.04. The number of allylic oxidation sites excluding steroid dienone is 3. The molecule has 0 saturated heterocycles. The number of hydrogen-bond acceptors (Lipinski definition) is 0. The van der Waals surface area contributed by atoms with Gasteiger partial charge in [-0.05, 0) is 34.2 Å². The molecular formula is C18H14. The Morgan fingerprint density at radius 2 is 1.72 bits per heavy atom. The van der Waals surface area contributed by atoms with Gasteiger partial charge < -0.3 is 0 Å². The highest BCUT2D eigenvalue weighted by molar-refractivity contribution is 5.83. The standard InChI is InChI=1S/C18H14/c1-2-7-13-8-6-12-17-15-10-5-4-9-14(15)16(11-3-1)18(13)17/h1-10,12,16H,11H2/b3-1-,7-2-. The summed E-state index contributed by atoms with van der Waals surface area (Å²) in [5.74, 6) is 0.536. The molecule has 0 spiro atoms. The highest BCUT2D eigenvalue weighted by Crippen LogP contribution is 2.48. The molecule has 0 saturated carbocycles. The molecule has 86 valence electrons. The first-order chi connectivity index (χ1) is 8.95. The van der Waals surface area contributed by atoms with Gasteiger partial charge in [-0.1, -0.05) is 66.8 Å². The monoisotopic (exact) mass is 230 g/mol. The van der Waals surface area contributed by atoms with Gasteiger partial charge in [0, 0.05) is 5.92 Å². The average molecular weight is 230 g/mol. The van der Waals surface area contributed by atoms with E-state index in [0.717, 1.165) is 6.42 Å². The lowest BCUT2D eigenvalue weighted by Gasteiger charge is -2.15. The summed E-state index contributed by atoms with van der Waals surface area (Å²) >= 11 is 0. The largest absolute Gasteiger partial charge is 0.0836 e. The van der Waals surface area contributed by atoms with Crippen LogP contribution in [0, 0.1) is 0 Å². The molecule has 0 N–H and O–H groups in total. The Labute approximate surface area is 107 Å². The number of fused-ring (bicyclic) bond motifs is 3. The quantitative estimate of drug-likeness (QED) is 0.611. The fourth-order valence-corrected chi connectivity index (χ4v) is 3.25. The normalized spacial score (nSPS) is 22.6. The number of hydrogen-bond donors (Lipinski definition) is 0. The lowest BCUT2D eigenvalue weighted by molar-refractivity contribution is 0.851. The van der Waals surface area contributed by atoms with Crippen LogP contribution in [0.4, 0.5) is 0 Å². The molecule has 0 aliphatic heterocycles. The maximum Gasteiger partial charge on any atom is 0.0142 e. The number of rotatable bonds is 0. The third kappa shape index (κ3) is 1.26. The minimum absolute atomic E-state index is 0.536. The van der Waals surface area contributed by atoms with Crippen molar-refractivity contribution in [3.05, 3.63) is 77.4 Å².